The van der Waals surface area contributed by atoms with Crippen molar-refractivity contribution in [3.05, 3.63) is 78.9 Å². The summed E-state index contributed by atoms with van der Waals surface area (Å²) in [4.78, 5) is 25.3. The lowest BCUT2D eigenvalue weighted by atomic mass is 10.2. The summed E-state index contributed by atoms with van der Waals surface area (Å²) < 4.78 is 5.13. The van der Waals surface area contributed by atoms with Gasteiger partial charge in [-0.05, 0) is 36.4 Å². The Bertz CT molecular complexity index is 1110. The molecule has 0 bridgehead atoms. The van der Waals surface area contributed by atoms with Crippen molar-refractivity contribution < 1.29 is 9.53 Å². The number of hydrogen-bond donors (Lipinski definition) is 2. The molecule has 0 fully saturated rings. The van der Waals surface area contributed by atoms with Crippen LogP contribution in [-0.2, 0) is 0 Å². The first kappa shape index (κ1) is 17.4. The van der Waals surface area contributed by atoms with Crippen LogP contribution in [0.1, 0.15) is 10.5 Å². The van der Waals surface area contributed by atoms with Crippen molar-refractivity contribution in [2.45, 2.75) is 0 Å². The highest BCUT2D eigenvalue weighted by Gasteiger charge is 2.11. The molecule has 2 N–H and O–H groups in total. The molecule has 0 unspecified atom stereocenters. The molecule has 0 aliphatic rings. The molecule has 4 aromatic rings. The van der Waals surface area contributed by atoms with Gasteiger partial charge < -0.3 is 15.4 Å². The highest BCUT2D eigenvalue weighted by molar-refractivity contribution is 6.07. The molecule has 7 nitrogen and oxygen atoms in total. The second-order valence-corrected chi connectivity index (χ2v) is 5.98. The number of methoxy groups -OCH3 is 1. The maximum atomic E-state index is 12.5. The number of anilines is 3. The molecule has 2 aromatic carbocycles. The maximum absolute atomic E-state index is 12.5. The Kier molecular flexibility index (Phi) is 4.79. The minimum atomic E-state index is -0.346. The van der Waals surface area contributed by atoms with Crippen molar-refractivity contribution in [2.24, 2.45) is 0 Å². The first-order chi connectivity index (χ1) is 13.7. The van der Waals surface area contributed by atoms with E-state index in [0.29, 0.717) is 11.5 Å². The second-order valence-electron chi connectivity index (χ2n) is 5.98. The summed E-state index contributed by atoms with van der Waals surface area (Å²) in [6.45, 7) is 0. The molecular weight excluding hydrogens is 354 g/mol. The molecule has 2 aromatic heterocycles. The van der Waals surface area contributed by atoms with Gasteiger partial charge in [-0.3, -0.25) is 9.78 Å². The minimum Gasteiger partial charge on any atom is -0.497 e. The third kappa shape index (κ3) is 3.73. The Balaban J connectivity index is 1.47. The lowest BCUT2D eigenvalue weighted by molar-refractivity contribution is 0.102. The average Bonchev–Trinajstić information content (AvgIpc) is 2.75. The Hall–Kier alpha value is -4.00. The lowest BCUT2D eigenvalue weighted by Crippen LogP contribution is -2.14. The predicted octanol–water partition coefficient (Wildman–Crippen LogP) is 4.03. The molecule has 0 saturated heterocycles. The van der Waals surface area contributed by atoms with E-state index in [0.717, 1.165) is 22.3 Å². The van der Waals surface area contributed by atoms with Crippen molar-refractivity contribution in [1.82, 2.24) is 15.0 Å². The van der Waals surface area contributed by atoms with Crippen LogP contribution in [0, 0.1) is 0 Å². The first-order valence-electron chi connectivity index (χ1n) is 8.61. The van der Waals surface area contributed by atoms with E-state index in [9.17, 15) is 4.79 Å². The van der Waals surface area contributed by atoms with Crippen LogP contribution >= 0.6 is 0 Å². The molecule has 2 heterocycles. The fourth-order valence-corrected chi connectivity index (χ4v) is 2.72. The highest BCUT2D eigenvalue weighted by atomic mass is 16.5. The zero-order valence-corrected chi connectivity index (χ0v) is 15.1. The van der Waals surface area contributed by atoms with E-state index in [1.807, 2.05) is 48.5 Å². The summed E-state index contributed by atoms with van der Waals surface area (Å²) in [5.74, 6) is 0.960. The van der Waals surface area contributed by atoms with Crippen LogP contribution in [0.5, 0.6) is 5.75 Å². The van der Waals surface area contributed by atoms with Gasteiger partial charge in [-0.2, -0.15) is 0 Å². The Morgan fingerprint density at radius 3 is 2.50 bits per heavy atom. The number of carbonyl (C=O) groups excluding carboxylic acids is 1. The highest BCUT2D eigenvalue weighted by Crippen LogP contribution is 2.21. The summed E-state index contributed by atoms with van der Waals surface area (Å²) in [6, 6.07) is 16.8. The van der Waals surface area contributed by atoms with Gasteiger partial charge in [0.05, 0.1) is 30.7 Å². The smallest absolute Gasteiger partial charge is 0.275 e. The van der Waals surface area contributed by atoms with Crippen LogP contribution in [0.4, 0.5) is 17.2 Å². The summed E-state index contributed by atoms with van der Waals surface area (Å²) >= 11 is 0. The summed E-state index contributed by atoms with van der Waals surface area (Å²) in [7, 11) is 1.62. The molecule has 0 atom stereocenters. The number of pyridine rings is 1. The van der Waals surface area contributed by atoms with Crippen LogP contribution in [0.15, 0.2) is 73.2 Å². The number of carbonyl (C=O) groups is 1. The number of hydrogen-bond acceptors (Lipinski definition) is 6. The molecule has 0 radical (unpaired) electrons. The molecule has 0 saturated carbocycles. The monoisotopic (exact) mass is 371 g/mol. The number of ether oxygens (including phenoxy) is 1. The van der Waals surface area contributed by atoms with Gasteiger partial charge in [0.15, 0.2) is 0 Å². The van der Waals surface area contributed by atoms with E-state index in [1.54, 1.807) is 19.4 Å². The zero-order valence-electron chi connectivity index (χ0n) is 15.1. The van der Waals surface area contributed by atoms with Crippen molar-refractivity contribution in [3.8, 4) is 5.75 Å². The van der Waals surface area contributed by atoms with Gasteiger partial charge in [0.25, 0.3) is 5.91 Å². The molecular formula is C21H17N5O2. The average molecular weight is 371 g/mol. The topological polar surface area (TPSA) is 89.0 Å². The van der Waals surface area contributed by atoms with Crippen molar-refractivity contribution in [2.75, 3.05) is 17.7 Å². The van der Waals surface area contributed by atoms with Gasteiger partial charge in [-0.15, -0.1) is 0 Å². The Labute approximate surface area is 161 Å². The van der Waals surface area contributed by atoms with Gasteiger partial charge in [0, 0.05) is 17.3 Å². The summed E-state index contributed by atoms with van der Waals surface area (Å²) in [5.41, 5.74) is 2.41. The van der Waals surface area contributed by atoms with E-state index >= 15 is 0 Å². The quantitative estimate of drug-likeness (QED) is 0.551. The van der Waals surface area contributed by atoms with E-state index in [1.165, 1.54) is 12.4 Å². The third-order valence-electron chi connectivity index (χ3n) is 4.13. The Morgan fingerprint density at radius 2 is 1.75 bits per heavy atom. The minimum absolute atomic E-state index is 0.216. The third-order valence-corrected chi connectivity index (χ3v) is 4.13. The molecule has 0 aliphatic heterocycles. The fourth-order valence-electron chi connectivity index (χ4n) is 2.72. The Morgan fingerprint density at radius 1 is 0.929 bits per heavy atom. The largest absolute Gasteiger partial charge is 0.497 e. The van der Waals surface area contributed by atoms with E-state index in [-0.39, 0.29) is 11.6 Å². The van der Waals surface area contributed by atoms with Gasteiger partial charge in [0.1, 0.15) is 17.3 Å². The van der Waals surface area contributed by atoms with Crippen LogP contribution in [0.2, 0.25) is 0 Å². The van der Waals surface area contributed by atoms with E-state index in [2.05, 4.69) is 25.6 Å². The lowest BCUT2D eigenvalue weighted by Gasteiger charge is -2.09. The number of benzene rings is 2. The SMILES string of the molecule is COc1ccc(Nc2cnc(C(=O)Nc3cccc4cccnc34)cn2)cc1. The molecule has 1 amide bonds. The van der Waals surface area contributed by atoms with Crippen molar-refractivity contribution in [1.29, 1.82) is 0 Å². The normalized spacial score (nSPS) is 10.5. The van der Waals surface area contributed by atoms with Crippen LogP contribution in [0.25, 0.3) is 10.9 Å². The van der Waals surface area contributed by atoms with E-state index in [4.69, 9.17) is 4.74 Å². The number of fused-ring (bicyclic) bond motifs is 1. The molecule has 4 rings (SSSR count). The molecule has 7 heteroatoms. The maximum Gasteiger partial charge on any atom is 0.275 e. The standard InChI is InChI=1S/C21H17N5O2/c1-28-16-9-7-15(8-10-16)25-19-13-23-18(12-24-19)21(27)26-17-6-2-4-14-5-3-11-22-20(14)17/h2-13H,1H3,(H,24,25)(H,26,27). The molecule has 138 valence electrons. The number of amides is 1. The predicted molar refractivity (Wildman–Crippen MR) is 108 cm³/mol. The fraction of sp³-hybridized carbons (Fsp3) is 0.0476. The van der Waals surface area contributed by atoms with Crippen LogP contribution < -0.4 is 15.4 Å². The van der Waals surface area contributed by atoms with Gasteiger partial charge in [0.2, 0.25) is 0 Å². The number of aromatic nitrogens is 3. The summed E-state index contributed by atoms with van der Waals surface area (Å²) in [6.07, 6.45) is 4.64. The number of rotatable bonds is 5. The molecule has 0 spiro atoms. The van der Waals surface area contributed by atoms with Crippen molar-refractivity contribution >= 4 is 34.0 Å². The number of nitrogens with zero attached hydrogens (tertiary/aromatic N) is 3. The molecule has 0 aliphatic carbocycles. The van der Waals surface area contributed by atoms with Gasteiger partial charge >= 0.3 is 0 Å². The second kappa shape index (κ2) is 7.71. The van der Waals surface area contributed by atoms with Crippen LogP contribution in [-0.4, -0.2) is 28.0 Å². The van der Waals surface area contributed by atoms with E-state index < -0.39 is 0 Å². The number of para-hydroxylation sites is 1. The van der Waals surface area contributed by atoms with Crippen molar-refractivity contribution in [3.63, 3.8) is 0 Å². The first-order valence-corrected chi connectivity index (χ1v) is 8.61. The van der Waals surface area contributed by atoms with Crippen LogP contribution in [0.3, 0.4) is 0 Å². The summed E-state index contributed by atoms with van der Waals surface area (Å²) in [5, 5.41) is 6.92. The van der Waals surface area contributed by atoms with Gasteiger partial charge in [-0.25, -0.2) is 9.97 Å². The molecule has 28 heavy (non-hydrogen) atoms. The zero-order chi connectivity index (χ0) is 19.3. The number of nitrogens with one attached hydrogen (secondary N) is 2. The van der Waals surface area contributed by atoms with Gasteiger partial charge in [-0.1, -0.05) is 18.2 Å².